The number of hydrogen-bond acceptors (Lipinski definition) is 6. The first kappa shape index (κ1) is 57.1. The van der Waals surface area contributed by atoms with Gasteiger partial charge in [-0.15, -0.1) is 0 Å². The number of ether oxygens (including phenoxy) is 3. The monoisotopic (exact) mass is 839 g/mol. The van der Waals surface area contributed by atoms with Gasteiger partial charge < -0.3 is 14.2 Å². The minimum Gasteiger partial charge on any atom is -0.462 e. The Morgan fingerprint density at radius 2 is 0.667 bits per heavy atom. The predicted octanol–water partition coefficient (Wildman–Crippen LogP) is 16.5. The Morgan fingerprint density at radius 1 is 0.350 bits per heavy atom. The number of carbonyl (C=O) groups is 3. The average molecular weight is 839 g/mol. The molecule has 6 heteroatoms. The molecule has 0 heterocycles. The summed E-state index contributed by atoms with van der Waals surface area (Å²) in [5.74, 6) is -0.982. The summed E-state index contributed by atoms with van der Waals surface area (Å²) in [6.45, 7) is 6.54. The van der Waals surface area contributed by atoms with Crippen molar-refractivity contribution >= 4 is 17.9 Å². The molecule has 1 atom stereocenters. The summed E-state index contributed by atoms with van der Waals surface area (Å²) in [6, 6.07) is 0. The van der Waals surface area contributed by atoms with Crippen molar-refractivity contribution in [2.24, 2.45) is 0 Å². The number of unbranched alkanes of at least 4 members (excludes halogenated alkanes) is 25. The quantitative estimate of drug-likeness (QED) is 0.0200. The molecule has 0 aliphatic heterocycles. The zero-order valence-electron chi connectivity index (χ0n) is 39.5. The predicted molar refractivity (Wildman–Crippen MR) is 256 cm³/mol. The van der Waals surface area contributed by atoms with Gasteiger partial charge in [-0.2, -0.15) is 0 Å². The molecule has 0 spiro atoms. The molecule has 1 unspecified atom stereocenters. The van der Waals surface area contributed by atoms with Crippen molar-refractivity contribution in [2.45, 2.75) is 252 Å². The summed E-state index contributed by atoms with van der Waals surface area (Å²) in [4.78, 5) is 37.8. The molecule has 0 N–H and O–H groups in total. The number of rotatable bonds is 45. The van der Waals surface area contributed by atoms with Crippen LogP contribution in [-0.2, 0) is 28.6 Å². The van der Waals surface area contributed by atoms with E-state index >= 15 is 0 Å². The minimum absolute atomic E-state index is 0.0995. The van der Waals surface area contributed by atoms with E-state index in [0.29, 0.717) is 12.8 Å². The molecule has 0 aliphatic rings. The van der Waals surface area contributed by atoms with Gasteiger partial charge in [0.1, 0.15) is 13.2 Å². The third-order valence-corrected chi connectivity index (χ3v) is 10.8. The van der Waals surface area contributed by atoms with Gasteiger partial charge in [0.25, 0.3) is 0 Å². The van der Waals surface area contributed by atoms with E-state index in [0.717, 1.165) is 70.6 Å². The molecule has 0 fully saturated rings. The van der Waals surface area contributed by atoms with Crippen molar-refractivity contribution in [3.8, 4) is 0 Å². The normalized spacial score (nSPS) is 12.5. The second kappa shape index (κ2) is 48.8. The lowest BCUT2D eigenvalue weighted by Crippen LogP contribution is -2.30. The Kier molecular flexibility index (Phi) is 46.4. The van der Waals surface area contributed by atoms with E-state index in [1.807, 2.05) is 0 Å². The maximum atomic E-state index is 12.7. The van der Waals surface area contributed by atoms with Gasteiger partial charge >= 0.3 is 17.9 Å². The van der Waals surface area contributed by atoms with Gasteiger partial charge in [0.05, 0.1) is 0 Å². The second-order valence-electron chi connectivity index (χ2n) is 16.8. The van der Waals surface area contributed by atoms with Crippen molar-refractivity contribution in [3.05, 3.63) is 60.8 Å². The van der Waals surface area contributed by atoms with Gasteiger partial charge in [0.15, 0.2) is 6.10 Å². The summed E-state index contributed by atoms with van der Waals surface area (Å²) in [6.07, 6.45) is 59.3. The standard InChI is InChI=1S/C54H94O6/c1-4-7-10-13-16-19-21-23-25-27-29-30-32-35-38-41-44-47-53(56)59-50-51(49-58-52(55)46-43-40-37-34-18-15-12-9-6-3)60-54(57)48-45-42-39-36-33-31-28-26-24-22-20-17-14-11-8-5-2/h23,25-26,28-31,33,35,38,51H,4-22,24,27,32,34,36-37,39-50H2,1-3H3/b25-23-,28-26-,30-29-,33-31-,38-35-. The summed E-state index contributed by atoms with van der Waals surface area (Å²) in [5.41, 5.74) is 0. The van der Waals surface area contributed by atoms with Crippen LogP contribution in [0.4, 0.5) is 0 Å². The van der Waals surface area contributed by atoms with Crippen LogP contribution in [0.5, 0.6) is 0 Å². The van der Waals surface area contributed by atoms with E-state index in [1.54, 1.807) is 0 Å². The molecular weight excluding hydrogens is 745 g/mol. The molecule has 60 heavy (non-hydrogen) atoms. The molecule has 346 valence electrons. The largest absolute Gasteiger partial charge is 0.462 e. The number of hydrogen-bond donors (Lipinski definition) is 0. The maximum absolute atomic E-state index is 12.7. The SMILES string of the molecule is CCCCCCCC/C=C\C/C=C\C/C=C\CCCC(=O)OCC(COC(=O)CCCCCCCCCCC)OC(=O)CCCCC/C=C\C=C/CCCCCCCCC. The third-order valence-electron chi connectivity index (χ3n) is 10.8. The molecule has 0 rings (SSSR count). The summed E-state index contributed by atoms with van der Waals surface area (Å²) in [7, 11) is 0. The van der Waals surface area contributed by atoms with Crippen LogP contribution in [-0.4, -0.2) is 37.2 Å². The van der Waals surface area contributed by atoms with Crippen molar-refractivity contribution < 1.29 is 28.6 Å². The van der Waals surface area contributed by atoms with E-state index in [9.17, 15) is 14.4 Å². The summed E-state index contributed by atoms with van der Waals surface area (Å²) < 4.78 is 16.7. The highest BCUT2D eigenvalue weighted by Gasteiger charge is 2.19. The fourth-order valence-electron chi connectivity index (χ4n) is 6.92. The van der Waals surface area contributed by atoms with Gasteiger partial charge in [0.2, 0.25) is 0 Å². The lowest BCUT2D eigenvalue weighted by atomic mass is 10.1. The smallest absolute Gasteiger partial charge is 0.306 e. The van der Waals surface area contributed by atoms with Crippen LogP contribution >= 0.6 is 0 Å². The topological polar surface area (TPSA) is 78.9 Å². The van der Waals surface area contributed by atoms with E-state index in [4.69, 9.17) is 14.2 Å². The lowest BCUT2D eigenvalue weighted by Gasteiger charge is -2.18. The molecule has 0 aliphatic carbocycles. The number of allylic oxidation sites excluding steroid dienone is 10. The van der Waals surface area contributed by atoms with Crippen molar-refractivity contribution in [1.82, 2.24) is 0 Å². The van der Waals surface area contributed by atoms with Gasteiger partial charge in [-0.05, 0) is 77.0 Å². The number of carbonyl (C=O) groups excluding carboxylic acids is 3. The van der Waals surface area contributed by atoms with Crippen LogP contribution in [0, 0.1) is 0 Å². The van der Waals surface area contributed by atoms with E-state index in [1.165, 1.54) is 128 Å². The van der Waals surface area contributed by atoms with Crippen molar-refractivity contribution in [3.63, 3.8) is 0 Å². The van der Waals surface area contributed by atoms with E-state index in [-0.39, 0.29) is 44.0 Å². The lowest BCUT2D eigenvalue weighted by molar-refractivity contribution is -0.167. The van der Waals surface area contributed by atoms with Crippen LogP contribution in [0.25, 0.3) is 0 Å². The third kappa shape index (κ3) is 46.2. The second-order valence-corrected chi connectivity index (χ2v) is 16.8. The highest BCUT2D eigenvalue weighted by Crippen LogP contribution is 2.13. The Bertz CT molecular complexity index is 1100. The number of esters is 3. The van der Waals surface area contributed by atoms with Crippen molar-refractivity contribution in [1.29, 1.82) is 0 Å². The van der Waals surface area contributed by atoms with Crippen LogP contribution in [0.15, 0.2) is 60.8 Å². The van der Waals surface area contributed by atoms with Gasteiger partial charge in [0, 0.05) is 19.3 Å². The fraction of sp³-hybridized carbons (Fsp3) is 0.759. The van der Waals surface area contributed by atoms with Gasteiger partial charge in [-0.3, -0.25) is 14.4 Å². The van der Waals surface area contributed by atoms with E-state index in [2.05, 4.69) is 81.5 Å². The Balaban J connectivity index is 4.46. The molecule has 6 nitrogen and oxygen atoms in total. The molecular formula is C54H94O6. The molecule has 0 radical (unpaired) electrons. The Hall–Kier alpha value is -2.89. The van der Waals surface area contributed by atoms with E-state index < -0.39 is 6.10 Å². The highest BCUT2D eigenvalue weighted by atomic mass is 16.6. The van der Waals surface area contributed by atoms with Crippen LogP contribution in [0.1, 0.15) is 245 Å². The first-order valence-electron chi connectivity index (χ1n) is 25.3. The summed E-state index contributed by atoms with van der Waals surface area (Å²) >= 11 is 0. The van der Waals surface area contributed by atoms with Crippen LogP contribution in [0.3, 0.4) is 0 Å². The Morgan fingerprint density at radius 3 is 1.12 bits per heavy atom. The van der Waals surface area contributed by atoms with Crippen molar-refractivity contribution in [2.75, 3.05) is 13.2 Å². The maximum Gasteiger partial charge on any atom is 0.306 e. The Labute approximate surface area is 370 Å². The molecule has 0 bridgehead atoms. The molecule has 0 aromatic rings. The zero-order chi connectivity index (χ0) is 43.7. The molecule has 0 amide bonds. The molecule has 0 aromatic carbocycles. The first-order valence-corrected chi connectivity index (χ1v) is 25.3. The molecule has 0 aromatic heterocycles. The average Bonchev–Trinajstić information content (AvgIpc) is 3.24. The van der Waals surface area contributed by atoms with Gasteiger partial charge in [-0.1, -0.05) is 210 Å². The van der Waals surface area contributed by atoms with Crippen LogP contribution in [0.2, 0.25) is 0 Å². The fourth-order valence-corrected chi connectivity index (χ4v) is 6.92. The summed E-state index contributed by atoms with van der Waals surface area (Å²) in [5, 5.41) is 0. The highest BCUT2D eigenvalue weighted by molar-refractivity contribution is 5.71. The molecule has 0 saturated heterocycles. The van der Waals surface area contributed by atoms with Gasteiger partial charge in [-0.25, -0.2) is 0 Å². The minimum atomic E-state index is -0.804. The first-order chi connectivity index (χ1) is 29.5. The van der Waals surface area contributed by atoms with Crippen LogP contribution < -0.4 is 0 Å². The molecule has 0 saturated carbocycles. The zero-order valence-corrected chi connectivity index (χ0v) is 39.5.